The lowest BCUT2D eigenvalue weighted by atomic mass is 10.1. The Hall–Kier alpha value is -3.60. The van der Waals surface area contributed by atoms with Crippen molar-refractivity contribution in [2.24, 2.45) is 0 Å². The Labute approximate surface area is 213 Å². The molecule has 1 saturated heterocycles. The van der Waals surface area contributed by atoms with Gasteiger partial charge in [-0.3, -0.25) is 4.79 Å². The van der Waals surface area contributed by atoms with Crippen molar-refractivity contribution in [1.29, 1.82) is 0 Å². The number of fused-ring (bicyclic) bond motifs is 1. The normalized spacial score (nSPS) is 15.7. The number of ether oxygens (including phenoxy) is 1. The van der Waals surface area contributed by atoms with E-state index in [0.29, 0.717) is 19.6 Å². The summed E-state index contributed by atoms with van der Waals surface area (Å²) in [7, 11) is 0. The summed E-state index contributed by atoms with van der Waals surface area (Å²) in [4.78, 5) is 20.0. The summed E-state index contributed by atoms with van der Waals surface area (Å²) in [5, 5.41) is 0. The number of hydrogen-bond acceptors (Lipinski definition) is 3. The van der Waals surface area contributed by atoms with Gasteiger partial charge in [-0.2, -0.15) is 0 Å². The number of imidazole rings is 1. The Bertz CT molecular complexity index is 1330. The van der Waals surface area contributed by atoms with E-state index in [2.05, 4.69) is 73.0 Å². The minimum atomic E-state index is 0.0716. The highest BCUT2D eigenvalue weighted by atomic mass is 16.5. The fourth-order valence-corrected chi connectivity index (χ4v) is 5.11. The van der Waals surface area contributed by atoms with Gasteiger partial charge in [0.05, 0.1) is 17.6 Å². The van der Waals surface area contributed by atoms with Gasteiger partial charge < -0.3 is 14.2 Å². The predicted octanol–water partition coefficient (Wildman–Crippen LogP) is 6.68. The lowest BCUT2D eigenvalue weighted by molar-refractivity contribution is -0.117. The van der Waals surface area contributed by atoms with Crippen molar-refractivity contribution in [2.45, 2.75) is 58.4 Å². The molecule has 1 atom stereocenters. The fourth-order valence-electron chi connectivity index (χ4n) is 5.11. The lowest BCUT2D eigenvalue weighted by Crippen LogP contribution is -2.24. The molecule has 186 valence electrons. The second-order valence-electron chi connectivity index (χ2n) is 9.80. The number of aryl methyl sites for hydroxylation is 3. The quantitative estimate of drug-likeness (QED) is 0.238. The minimum absolute atomic E-state index is 0.0716. The number of rotatable bonds is 10. The molecule has 0 radical (unpaired) electrons. The smallest absolute Gasteiger partial charge is 0.227 e. The molecular weight excluding hydrogens is 446 g/mol. The summed E-state index contributed by atoms with van der Waals surface area (Å²) in [6.07, 6.45) is 4.82. The van der Waals surface area contributed by atoms with E-state index >= 15 is 0 Å². The number of carbonyl (C=O) groups is 1. The molecule has 36 heavy (non-hydrogen) atoms. The highest BCUT2D eigenvalue weighted by molar-refractivity contribution is 5.96. The van der Waals surface area contributed by atoms with Crippen LogP contribution >= 0.6 is 0 Å². The molecule has 0 aliphatic carbocycles. The molecular formula is C31H35N3O2. The van der Waals surface area contributed by atoms with Gasteiger partial charge in [-0.05, 0) is 73.7 Å². The van der Waals surface area contributed by atoms with E-state index in [1.807, 2.05) is 23.1 Å². The average Bonchev–Trinajstić information content (AvgIpc) is 3.46. The summed E-state index contributed by atoms with van der Waals surface area (Å²) >= 11 is 0. The molecule has 0 bridgehead atoms. The number of hydrogen-bond donors (Lipinski definition) is 0. The third-order valence-electron chi connectivity index (χ3n) is 7.03. The summed E-state index contributed by atoms with van der Waals surface area (Å²) in [6.45, 7) is 6.38. The van der Waals surface area contributed by atoms with E-state index in [9.17, 15) is 4.79 Å². The van der Waals surface area contributed by atoms with E-state index < -0.39 is 0 Å². The Morgan fingerprint density at radius 1 is 1.00 bits per heavy atom. The van der Waals surface area contributed by atoms with E-state index in [1.54, 1.807) is 0 Å². The molecule has 5 heteroatoms. The first-order valence-corrected chi connectivity index (χ1v) is 13.2. The Morgan fingerprint density at radius 3 is 2.64 bits per heavy atom. The van der Waals surface area contributed by atoms with Crippen LogP contribution in [-0.2, 0) is 17.8 Å². The van der Waals surface area contributed by atoms with Crippen molar-refractivity contribution >= 4 is 22.6 Å². The Morgan fingerprint density at radius 2 is 1.83 bits per heavy atom. The maximum atomic E-state index is 13.1. The van der Waals surface area contributed by atoms with E-state index in [4.69, 9.17) is 9.72 Å². The number of para-hydroxylation sites is 2. The predicted molar refractivity (Wildman–Crippen MR) is 146 cm³/mol. The van der Waals surface area contributed by atoms with Crippen LogP contribution in [0, 0.1) is 6.92 Å². The largest absolute Gasteiger partial charge is 0.494 e. The van der Waals surface area contributed by atoms with Crippen LogP contribution in [0.25, 0.3) is 11.0 Å². The van der Waals surface area contributed by atoms with Crippen LogP contribution in [0.3, 0.4) is 0 Å². The molecule has 4 aromatic rings. The monoisotopic (exact) mass is 481 g/mol. The second kappa shape index (κ2) is 11.0. The number of carbonyl (C=O) groups excluding carboxylic acids is 1. The SMILES string of the molecule is CCCCc1ccc(N2CC(c3nc4ccccc4n3CCCOc3cccc(C)c3)CC2=O)cc1. The fraction of sp³-hybridized carbons (Fsp3) is 0.355. The molecule has 0 N–H and O–H groups in total. The molecule has 1 aromatic heterocycles. The van der Waals surface area contributed by atoms with Gasteiger partial charge in [0.15, 0.2) is 0 Å². The van der Waals surface area contributed by atoms with Gasteiger partial charge in [0, 0.05) is 31.1 Å². The van der Waals surface area contributed by atoms with Crippen molar-refractivity contribution in [1.82, 2.24) is 9.55 Å². The van der Waals surface area contributed by atoms with Crippen LogP contribution in [0.1, 0.15) is 55.5 Å². The van der Waals surface area contributed by atoms with Crippen molar-refractivity contribution in [3.05, 3.63) is 89.7 Å². The molecule has 1 amide bonds. The average molecular weight is 482 g/mol. The van der Waals surface area contributed by atoms with Gasteiger partial charge >= 0.3 is 0 Å². The Balaban J connectivity index is 1.30. The van der Waals surface area contributed by atoms with Crippen LogP contribution < -0.4 is 9.64 Å². The summed E-state index contributed by atoms with van der Waals surface area (Å²) < 4.78 is 8.29. The van der Waals surface area contributed by atoms with Gasteiger partial charge in [-0.25, -0.2) is 4.98 Å². The van der Waals surface area contributed by atoms with E-state index in [0.717, 1.165) is 47.7 Å². The molecule has 5 rings (SSSR count). The second-order valence-corrected chi connectivity index (χ2v) is 9.80. The van der Waals surface area contributed by atoms with Crippen molar-refractivity contribution in [3.8, 4) is 5.75 Å². The number of aromatic nitrogens is 2. The topological polar surface area (TPSA) is 47.4 Å². The van der Waals surface area contributed by atoms with E-state index in [1.165, 1.54) is 24.0 Å². The first kappa shape index (κ1) is 24.1. The highest BCUT2D eigenvalue weighted by Gasteiger charge is 2.34. The van der Waals surface area contributed by atoms with Gasteiger partial charge in [-0.1, -0.05) is 49.7 Å². The van der Waals surface area contributed by atoms with Crippen LogP contribution in [-0.4, -0.2) is 28.6 Å². The third kappa shape index (κ3) is 5.30. The molecule has 1 aliphatic heterocycles. The summed E-state index contributed by atoms with van der Waals surface area (Å²) in [6, 6.07) is 24.9. The first-order valence-electron chi connectivity index (χ1n) is 13.2. The molecule has 3 aromatic carbocycles. The number of benzene rings is 3. The van der Waals surface area contributed by atoms with Gasteiger partial charge in [0.2, 0.25) is 5.91 Å². The number of nitrogens with zero attached hydrogens (tertiary/aromatic N) is 3. The van der Waals surface area contributed by atoms with Gasteiger partial charge in [-0.15, -0.1) is 0 Å². The standard InChI is InChI=1S/C31H35N3O2/c1-3-4-10-24-14-16-26(17-15-24)34-22-25(21-30(34)35)31-32-28-12-5-6-13-29(28)33(31)18-8-19-36-27-11-7-9-23(2)20-27/h5-7,9,11-17,20,25H,3-4,8,10,18-19,21-22H2,1-2H3. The zero-order valence-electron chi connectivity index (χ0n) is 21.3. The maximum Gasteiger partial charge on any atom is 0.227 e. The molecule has 2 heterocycles. The zero-order valence-corrected chi connectivity index (χ0v) is 21.3. The van der Waals surface area contributed by atoms with Crippen molar-refractivity contribution in [2.75, 3.05) is 18.1 Å². The molecule has 1 unspecified atom stereocenters. The molecule has 0 saturated carbocycles. The van der Waals surface area contributed by atoms with Crippen molar-refractivity contribution < 1.29 is 9.53 Å². The highest BCUT2D eigenvalue weighted by Crippen LogP contribution is 2.33. The van der Waals surface area contributed by atoms with E-state index in [-0.39, 0.29) is 11.8 Å². The van der Waals surface area contributed by atoms with Gasteiger partial charge in [0.1, 0.15) is 11.6 Å². The Kier molecular flexibility index (Phi) is 7.36. The van der Waals surface area contributed by atoms with Crippen molar-refractivity contribution in [3.63, 3.8) is 0 Å². The van der Waals surface area contributed by atoms with Crippen LogP contribution in [0.2, 0.25) is 0 Å². The number of amides is 1. The number of unbranched alkanes of at least 4 members (excludes halogenated alkanes) is 1. The van der Waals surface area contributed by atoms with Crippen LogP contribution in [0.15, 0.2) is 72.8 Å². The third-order valence-corrected chi connectivity index (χ3v) is 7.03. The minimum Gasteiger partial charge on any atom is -0.494 e. The maximum absolute atomic E-state index is 13.1. The van der Waals surface area contributed by atoms with Crippen LogP contribution in [0.5, 0.6) is 5.75 Å². The summed E-state index contributed by atoms with van der Waals surface area (Å²) in [5.74, 6) is 2.15. The summed E-state index contributed by atoms with van der Waals surface area (Å²) in [5.41, 5.74) is 5.62. The molecule has 5 nitrogen and oxygen atoms in total. The molecule has 0 spiro atoms. The molecule has 1 fully saturated rings. The van der Waals surface area contributed by atoms with Gasteiger partial charge in [0.25, 0.3) is 0 Å². The molecule has 1 aliphatic rings. The zero-order chi connectivity index (χ0) is 24.9. The first-order chi connectivity index (χ1) is 17.6. The lowest BCUT2D eigenvalue weighted by Gasteiger charge is -2.18. The number of anilines is 1. The van der Waals surface area contributed by atoms with Crippen LogP contribution in [0.4, 0.5) is 5.69 Å².